The van der Waals surface area contributed by atoms with Crippen molar-refractivity contribution in [3.8, 4) is 0 Å². The highest BCUT2D eigenvalue weighted by molar-refractivity contribution is 5.81. The molecule has 4 heteroatoms. The average molecular weight is 131 g/mol. The number of nitrogens with zero attached hydrogens (tertiary/aromatic N) is 1. The van der Waals surface area contributed by atoms with Crippen molar-refractivity contribution in [3.63, 3.8) is 0 Å². The van der Waals surface area contributed by atoms with E-state index in [0.717, 1.165) is 0 Å². The van der Waals surface area contributed by atoms with Crippen LogP contribution in [0.3, 0.4) is 0 Å². The fraction of sp³-hybridized carbons (Fsp3) is 0.800. The highest BCUT2D eigenvalue weighted by Crippen LogP contribution is 1.73. The zero-order valence-corrected chi connectivity index (χ0v) is 5.76. The number of amidine groups is 1. The second-order valence-corrected chi connectivity index (χ2v) is 2.13. The van der Waals surface area contributed by atoms with Gasteiger partial charge in [0.15, 0.2) is 5.84 Å². The van der Waals surface area contributed by atoms with Crippen LogP contribution < -0.4 is 11.1 Å². The number of hydrogen-bond acceptors (Lipinski definition) is 3. The molecule has 0 bridgehead atoms. The highest BCUT2D eigenvalue weighted by Gasteiger charge is 1.93. The summed E-state index contributed by atoms with van der Waals surface area (Å²) in [7, 11) is 0. The van der Waals surface area contributed by atoms with E-state index < -0.39 is 0 Å². The van der Waals surface area contributed by atoms with Crippen LogP contribution in [0.2, 0.25) is 0 Å². The van der Waals surface area contributed by atoms with Crippen molar-refractivity contribution in [1.82, 2.24) is 5.32 Å². The number of oxime groups is 1. The first-order valence-electron chi connectivity index (χ1n) is 2.86. The molecule has 0 aromatic carbocycles. The Hall–Kier alpha value is -0.770. The maximum atomic E-state index is 8.07. The molecule has 0 atom stereocenters. The molecule has 0 saturated heterocycles. The molecule has 0 rings (SSSR count). The summed E-state index contributed by atoms with van der Waals surface area (Å²) in [5, 5.41) is 13.8. The topological polar surface area (TPSA) is 70.6 Å². The predicted octanol–water partition coefficient (Wildman–Crippen LogP) is -0.269. The summed E-state index contributed by atoms with van der Waals surface area (Å²) in [4.78, 5) is 0. The predicted molar refractivity (Wildman–Crippen MR) is 36.5 cm³/mol. The molecule has 4 N–H and O–H groups in total. The van der Waals surface area contributed by atoms with E-state index in [1.165, 1.54) is 0 Å². The third kappa shape index (κ3) is 5.10. The van der Waals surface area contributed by atoms with Crippen LogP contribution in [0, 0.1) is 0 Å². The molecule has 9 heavy (non-hydrogen) atoms. The van der Waals surface area contributed by atoms with Gasteiger partial charge in [0.25, 0.3) is 0 Å². The minimum Gasteiger partial charge on any atom is -0.409 e. The number of rotatable bonds is 3. The smallest absolute Gasteiger partial charge is 0.153 e. The van der Waals surface area contributed by atoms with E-state index >= 15 is 0 Å². The minimum atomic E-state index is 0.212. The van der Waals surface area contributed by atoms with Gasteiger partial charge in [-0.05, 0) is 0 Å². The molecule has 0 saturated carbocycles. The van der Waals surface area contributed by atoms with Gasteiger partial charge in [-0.2, -0.15) is 0 Å². The van der Waals surface area contributed by atoms with Crippen LogP contribution in [0.1, 0.15) is 13.8 Å². The normalized spacial score (nSPS) is 12.6. The van der Waals surface area contributed by atoms with Crippen molar-refractivity contribution >= 4 is 5.84 Å². The lowest BCUT2D eigenvalue weighted by Crippen LogP contribution is -2.33. The van der Waals surface area contributed by atoms with Crippen molar-refractivity contribution < 1.29 is 5.21 Å². The fourth-order valence-corrected chi connectivity index (χ4v) is 0.344. The Morgan fingerprint density at radius 2 is 2.33 bits per heavy atom. The molecule has 0 heterocycles. The first kappa shape index (κ1) is 8.23. The maximum Gasteiger partial charge on any atom is 0.153 e. The van der Waals surface area contributed by atoms with Crippen molar-refractivity contribution in [1.29, 1.82) is 0 Å². The van der Waals surface area contributed by atoms with E-state index in [9.17, 15) is 0 Å². The van der Waals surface area contributed by atoms with Gasteiger partial charge >= 0.3 is 0 Å². The quantitative estimate of drug-likeness (QED) is 0.214. The first-order valence-corrected chi connectivity index (χ1v) is 2.86. The molecule has 4 nitrogen and oxygen atoms in total. The summed E-state index contributed by atoms with van der Waals surface area (Å²) in [5.74, 6) is 0.212. The molecule has 54 valence electrons. The van der Waals surface area contributed by atoms with Crippen LogP contribution in [0.15, 0.2) is 5.16 Å². The molecule has 0 amide bonds. The molecular formula is C5H13N3O. The van der Waals surface area contributed by atoms with Gasteiger partial charge in [-0.3, -0.25) is 0 Å². The van der Waals surface area contributed by atoms with Gasteiger partial charge in [0.05, 0.1) is 6.54 Å². The van der Waals surface area contributed by atoms with Crippen LogP contribution in [-0.4, -0.2) is 23.6 Å². The molecule has 0 aliphatic rings. The lowest BCUT2D eigenvalue weighted by molar-refractivity contribution is 0.317. The monoisotopic (exact) mass is 131 g/mol. The summed E-state index contributed by atoms with van der Waals surface area (Å²) in [6, 6.07) is 0.366. The van der Waals surface area contributed by atoms with Crippen LogP contribution in [-0.2, 0) is 0 Å². The van der Waals surface area contributed by atoms with Gasteiger partial charge < -0.3 is 16.3 Å². The summed E-state index contributed by atoms with van der Waals surface area (Å²) in [6.07, 6.45) is 0. The molecule has 0 aromatic rings. The third-order valence-electron chi connectivity index (χ3n) is 0.820. The summed E-state index contributed by atoms with van der Waals surface area (Å²) >= 11 is 0. The van der Waals surface area contributed by atoms with Crippen LogP contribution in [0.4, 0.5) is 0 Å². The Balaban J connectivity index is 3.28. The Kier molecular flexibility index (Phi) is 3.79. The first-order chi connectivity index (χ1) is 4.16. The van der Waals surface area contributed by atoms with E-state index in [-0.39, 0.29) is 5.84 Å². The van der Waals surface area contributed by atoms with Gasteiger partial charge in [-0.1, -0.05) is 19.0 Å². The minimum absolute atomic E-state index is 0.212. The lowest BCUT2D eigenvalue weighted by Gasteiger charge is -2.04. The van der Waals surface area contributed by atoms with Gasteiger partial charge in [-0.15, -0.1) is 0 Å². The summed E-state index contributed by atoms with van der Waals surface area (Å²) in [5.41, 5.74) is 5.16. The SMILES string of the molecule is CC(C)NCC(N)=NO. The average Bonchev–Trinajstić information content (AvgIpc) is 1.83. The zero-order chi connectivity index (χ0) is 7.28. The Morgan fingerprint density at radius 1 is 1.78 bits per heavy atom. The van der Waals surface area contributed by atoms with Crippen molar-refractivity contribution in [2.75, 3.05) is 6.54 Å². The number of nitrogens with one attached hydrogen (secondary N) is 1. The molecule has 0 fully saturated rings. The molecule has 0 aromatic heterocycles. The second-order valence-electron chi connectivity index (χ2n) is 2.13. The third-order valence-corrected chi connectivity index (χ3v) is 0.820. The van der Waals surface area contributed by atoms with E-state index in [2.05, 4.69) is 10.5 Å². The van der Waals surface area contributed by atoms with E-state index in [0.29, 0.717) is 12.6 Å². The lowest BCUT2D eigenvalue weighted by atomic mass is 10.4. The summed E-state index contributed by atoms with van der Waals surface area (Å²) < 4.78 is 0. The van der Waals surface area contributed by atoms with Crippen LogP contribution in [0.5, 0.6) is 0 Å². The second kappa shape index (κ2) is 4.14. The highest BCUT2D eigenvalue weighted by atomic mass is 16.4. The molecular weight excluding hydrogens is 118 g/mol. The van der Waals surface area contributed by atoms with E-state index in [1.807, 2.05) is 13.8 Å². The summed E-state index contributed by atoms with van der Waals surface area (Å²) in [6.45, 7) is 4.42. The van der Waals surface area contributed by atoms with Gasteiger partial charge in [0.2, 0.25) is 0 Å². The molecule has 0 unspecified atom stereocenters. The molecule has 0 aliphatic carbocycles. The zero-order valence-electron chi connectivity index (χ0n) is 5.76. The van der Waals surface area contributed by atoms with Gasteiger partial charge in [0, 0.05) is 6.04 Å². The van der Waals surface area contributed by atoms with Crippen molar-refractivity contribution in [2.45, 2.75) is 19.9 Å². The fourth-order valence-electron chi connectivity index (χ4n) is 0.344. The van der Waals surface area contributed by atoms with Crippen LogP contribution >= 0.6 is 0 Å². The largest absolute Gasteiger partial charge is 0.409 e. The van der Waals surface area contributed by atoms with Crippen molar-refractivity contribution in [3.05, 3.63) is 0 Å². The maximum absolute atomic E-state index is 8.07. The van der Waals surface area contributed by atoms with E-state index in [4.69, 9.17) is 10.9 Å². The molecule has 0 spiro atoms. The van der Waals surface area contributed by atoms with Crippen LogP contribution in [0.25, 0.3) is 0 Å². The Bertz CT molecular complexity index is 100. The van der Waals surface area contributed by atoms with Gasteiger partial charge in [-0.25, -0.2) is 0 Å². The molecule has 0 radical (unpaired) electrons. The Morgan fingerprint density at radius 3 is 2.67 bits per heavy atom. The van der Waals surface area contributed by atoms with Crippen molar-refractivity contribution in [2.24, 2.45) is 10.9 Å². The Labute approximate surface area is 54.7 Å². The standard InChI is InChI=1S/C5H13N3O/c1-4(2)7-3-5(6)8-9/h4,7,9H,3H2,1-2H3,(H2,6,8). The number of hydrogen-bond donors (Lipinski definition) is 3. The van der Waals surface area contributed by atoms with Gasteiger partial charge in [0.1, 0.15) is 0 Å². The number of nitrogens with two attached hydrogens (primary N) is 1. The van der Waals surface area contributed by atoms with E-state index in [1.54, 1.807) is 0 Å². The molecule has 0 aliphatic heterocycles.